The van der Waals surface area contributed by atoms with E-state index in [0.29, 0.717) is 25.2 Å². The first-order chi connectivity index (χ1) is 36.0. The molecule has 4 rings (SSSR count). The van der Waals surface area contributed by atoms with Crippen molar-refractivity contribution in [2.75, 3.05) is 13.2 Å². The van der Waals surface area contributed by atoms with Gasteiger partial charge in [-0.15, -0.1) is 0 Å². The molecule has 2 unspecified atom stereocenters. The fourth-order valence-corrected chi connectivity index (χ4v) is 5.69. The summed E-state index contributed by atoms with van der Waals surface area (Å²) in [5, 5.41) is 10.8. The van der Waals surface area contributed by atoms with Gasteiger partial charge in [0.2, 0.25) is 6.17 Å². The summed E-state index contributed by atoms with van der Waals surface area (Å²) in [5.41, 5.74) is -12.3. The maximum Gasteiger partial charge on any atom is 0.426 e. The Balaban J connectivity index is 0.000000994. The Hall–Kier alpha value is -7.33. The molecule has 80 heavy (non-hydrogen) atoms. The van der Waals surface area contributed by atoms with Crippen molar-refractivity contribution in [3.05, 3.63) is 121 Å². The number of halogens is 18. The summed E-state index contributed by atoms with van der Waals surface area (Å²) in [7, 11) is 0. The summed E-state index contributed by atoms with van der Waals surface area (Å²) in [6.45, 7) is 20.3. The smallest absolute Gasteiger partial charge is 0.426 e. The van der Waals surface area contributed by atoms with E-state index in [0.717, 1.165) is 23.3 Å². The number of hydrogen-bond donors (Lipinski definition) is 1. The number of esters is 5. The molecule has 11 nitrogen and oxygen atoms in total. The van der Waals surface area contributed by atoms with E-state index in [1.54, 1.807) is 18.2 Å². The summed E-state index contributed by atoms with van der Waals surface area (Å²) in [4.78, 5) is 53.7. The van der Waals surface area contributed by atoms with Crippen LogP contribution in [0, 0.1) is 5.82 Å². The number of aliphatic hydroxyl groups is 1. The fourth-order valence-electron chi connectivity index (χ4n) is 5.69. The predicted octanol–water partition coefficient (Wildman–Crippen LogP) is 13.7. The van der Waals surface area contributed by atoms with Crippen molar-refractivity contribution in [3.63, 3.8) is 0 Å². The molecule has 0 saturated heterocycles. The van der Waals surface area contributed by atoms with E-state index in [-0.39, 0.29) is 22.9 Å². The maximum atomic E-state index is 14.5. The van der Waals surface area contributed by atoms with E-state index < -0.39 is 114 Å². The topological polar surface area (TPSA) is 152 Å². The third kappa shape index (κ3) is 18.6. The molecular weight excluding hydrogens is 1130 g/mol. The first kappa shape index (κ1) is 72.7. The van der Waals surface area contributed by atoms with E-state index in [1.807, 2.05) is 30.3 Å². The van der Waals surface area contributed by atoms with Gasteiger partial charge in [0.05, 0.1) is 6.61 Å². The van der Waals surface area contributed by atoms with Crippen LogP contribution in [0.3, 0.4) is 0 Å². The quantitative estimate of drug-likeness (QED) is 0.0572. The molecule has 1 aliphatic carbocycles. The van der Waals surface area contributed by atoms with Gasteiger partial charge >= 0.3 is 66.1 Å². The Labute approximate surface area is 444 Å². The summed E-state index contributed by atoms with van der Waals surface area (Å²) in [6, 6.07) is 15.8. The van der Waals surface area contributed by atoms with E-state index in [4.69, 9.17) is 9.84 Å². The van der Waals surface area contributed by atoms with Crippen LogP contribution in [0.15, 0.2) is 104 Å². The molecule has 3 aromatic carbocycles. The number of benzene rings is 3. The number of fused-ring (bicyclic) bond motifs is 1. The average Bonchev–Trinajstić information content (AvgIpc) is 3.38. The summed E-state index contributed by atoms with van der Waals surface area (Å²) in [5.74, 6) is -23.0. The predicted molar refractivity (Wildman–Crippen MR) is 251 cm³/mol. The van der Waals surface area contributed by atoms with Gasteiger partial charge in [0.1, 0.15) is 5.75 Å². The van der Waals surface area contributed by atoms with Crippen LogP contribution < -0.4 is 9.47 Å². The third-order valence-electron chi connectivity index (χ3n) is 9.99. The Morgan fingerprint density at radius 1 is 0.613 bits per heavy atom. The molecule has 1 fully saturated rings. The zero-order valence-corrected chi connectivity index (χ0v) is 42.9. The second-order valence-electron chi connectivity index (χ2n) is 17.1. The second kappa shape index (κ2) is 27.7. The van der Waals surface area contributed by atoms with Crippen LogP contribution in [0.25, 0.3) is 22.9 Å². The molecule has 3 aromatic rings. The van der Waals surface area contributed by atoms with Gasteiger partial charge in [-0.05, 0) is 86.8 Å². The van der Waals surface area contributed by atoms with Gasteiger partial charge in [-0.3, -0.25) is 9.59 Å². The molecule has 1 N–H and O–H groups in total. The first-order valence-electron chi connectivity index (χ1n) is 21.8. The largest absolute Gasteiger partial charge is 0.462 e. The second-order valence-corrected chi connectivity index (χ2v) is 17.1. The van der Waals surface area contributed by atoms with Crippen LogP contribution in [-0.4, -0.2) is 108 Å². The number of ether oxygens (including phenoxy) is 5. The number of alkyl halides is 17. The molecule has 0 aromatic heterocycles. The molecule has 0 aliphatic heterocycles. The van der Waals surface area contributed by atoms with Gasteiger partial charge in [-0.25, -0.2) is 27.6 Å². The highest BCUT2D eigenvalue weighted by atomic mass is 19.4. The minimum Gasteiger partial charge on any atom is -0.462 e. The molecule has 1 saturated carbocycles. The van der Waals surface area contributed by atoms with Crippen LogP contribution in [-0.2, 0) is 38.2 Å². The highest BCUT2D eigenvalue weighted by Crippen LogP contribution is 2.66. The zero-order valence-electron chi connectivity index (χ0n) is 42.9. The van der Waals surface area contributed by atoms with Gasteiger partial charge in [0.15, 0.2) is 23.8 Å². The van der Waals surface area contributed by atoms with Crippen LogP contribution in [0.4, 0.5) is 79.0 Å². The van der Waals surface area contributed by atoms with Gasteiger partial charge < -0.3 is 28.8 Å². The number of hydrogen-bond acceptors (Lipinski definition) is 11. The van der Waals surface area contributed by atoms with Crippen molar-refractivity contribution in [2.45, 2.75) is 114 Å². The Morgan fingerprint density at radius 3 is 1.43 bits per heavy atom. The molecule has 1 aliphatic rings. The molecule has 2 atom stereocenters. The van der Waals surface area contributed by atoms with Crippen LogP contribution in [0.5, 0.6) is 11.5 Å². The van der Waals surface area contributed by atoms with Gasteiger partial charge in [-0.2, -0.15) is 65.9 Å². The van der Waals surface area contributed by atoms with Gasteiger partial charge in [-0.1, -0.05) is 69.3 Å². The normalized spacial score (nSPS) is 17.0. The van der Waals surface area contributed by atoms with Crippen molar-refractivity contribution < 1.29 is 132 Å². The van der Waals surface area contributed by atoms with Crippen molar-refractivity contribution >= 4 is 52.8 Å². The highest BCUT2D eigenvalue weighted by Gasteiger charge is 2.96. The monoisotopic (exact) mass is 1180 g/mol. The lowest BCUT2D eigenvalue weighted by atomic mass is 9.82. The van der Waals surface area contributed by atoms with Crippen molar-refractivity contribution in [1.29, 1.82) is 0 Å². The van der Waals surface area contributed by atoms with Gasteiger partial charge in [0.25, 0.3) is 11.3 Å². The summed E-state index contributed by atoms with van der Waals surface area (Å²) < 4.78 is 250. The van der Waals surface area contributed by atoms with E-state index in [9.17, 15) is 103 Å². The molecule has 0 amide bonds. The summed E-state index contributed by atoms with van der Waals surface area (Å²) in [6.07, 6.45) is -19.4. The SMILES string of the molecule is C=C(C)C(=O)OC(C)(C)C1(F)C(F)C(F)(F)C(F)(F)C1(F)F.C=C(C)C(=O)OCC(F)(F)F.C=C(C)C(=O)OCCC(O)(C(F)(F)F)C(F)(F)F.C=Cc1ccc(OC(C)=O)c(F)c1.C=Cc1ccc2cc(OC(C)=O)ccc2c1. The Bertz CT molecular complexity index is 2750. The van der Waals surface area contributed by atoms with E-state index in [2.05, 4.69) is 51.8 Å². The molecular formula is C51H50F18O11. The summed E-state index contributed by atoms with van der Waals surface area (Å²) >= 11 is 0. The third-order valence-corrected chi connectivity index (χ3v) is 9.99. The first-order valence-corrected chi connectivity index (χ1v) is 21.8. The highest BCUT2D eigenvalue weighted by molar-refractivity contribution is 5.88. The fraction of sp³-hybridized carbons (Fsp3) is 0.392. The van der Waals surface area contributed by atoms with Gasteiger partial charge in [0, 0.05) is 37.0 Å². The van der Waals surface area contributed by atoms with E-state index >= 15 is 0 Å². The number of rotatable bonds is 13. The Morgan fingerprint density at radius 2 is 1.04 bits per heavy atom. The molecule has 0 spiro atoms. The molecule has 0 heterocycles. The lowest BCUT2D eigenvalue weighted by molar-refractivity contribution is -0.371. The maximum absolute atomic E-state index is 14.5. The molecule has 29 heteroatoms. The lowest BCUT2D eigenvalue weighted by Gasteiger charge is -2.40. The molecule has 446 valence electrons. The zero-order chi connectivity index (χ0) is 63.2. The lowest BCUT2D eigenvalue weighted by Crippen LogP contribution is -2.64. The Kier molecular flexibility index (Phi) is 25.2. The minimum atomic E-state index is -6.30. The minimum absolute atomic E-state index is 0.0470. The van der Waals surface area contributed by atoms with Crippen molar-refractivity contribution in [1.82, 2.24) is 0 Å². The molecule has 0 radical (unpaired) electrons. The standard InChI is InChI=1S/C14H12O2.C12H12F8O2.C10H9FO2.C9H10F6O3.C6H7F3O2/c1-3-11-4-5-13-9-14(16-10(2)15)7-6-12(13)8-11;1-5(2)6(21)22-8(3,4)9(14)7(13)10(15,16)12(19,20)11(9,17)18;1-3-8-4-5-10(9(11)6-8)13-7(2)12;1-5(2)6(16)18-4-3-7(17,8(10,11)12)9(13,14)15;1-4(2)5(10)11-3-6(7,8)9/h3-9H,1H2,2H3;7H,1H2,2-4H3;3-6H,1H2,2H3;17H,1,3-4H2,2H3;1,3H2,2H3. The van der Waals surface area contributed by atoms with Crippen LogP contribution in [0.1, 0.15) is 66.0 Å². The van der Waals surface area contributed by atoms with Crippen molar-refractivity contribution in [3.8, 4) is 11.5 Å². The van der Waals surface area contributed by atoms with Crippen molar-refractivity contribution in [2.24, 2.45) is 0 Å². The number of carbonyl (C=O) groups is 5. The molecule has 0 bridgehead atoms. The number of carbonyl (C=O) groups excluding carboxylic acids is 5. The average molecular weight is 1180 g/mol. The van der Waals surface area contributed by atoms with Crippen LogP contribution in [0.2, 0.25) is 0 Å². The van der Waals surface area contributed by atoms with E-state index in [1.165, 1.54) is 45.9 Å². The van der Waals surface area contributed by atoms with Crippen LogP contribution >= 0.6 is 0 Å².